The molecule has 0 fully saturated rings. The summed E-state index contributed by atoms with van der Waals surface area (Å²) in [6, 6.07) is 80.7. The van der Waals surface area contributed by atoms with Crippen LogP contribution in [0.3, 0.4) is 0 Å². The van der Waals surface area contributed by atoms with Gasteiger partial charge in [0.2, 0.25) is 6.33 Å². The molecule has 0 aliphatic heterocycles. The van der Waals surface area contributed by atoms with Crippen LogP contribution in [0.1, 0.15) is 5.56 Å². The van der Waals surface area contributed by atoms with Crippen molar-refractivity contribution in [1.29, 1.82) is 5.26 Å². The Morgan fingerprint density at radius 2 is 0.800 bits per heavy atom. The van der Waals surface area contributed by atoms with Gasteiger partial charge in [-0.25, -0.2) is 29.9 Å². The molecule has 9 aromatic carbocycles. The van der Waals surface area contributed by atoms with E-state index in [0.29, 0.717) is 51.9 Å². The first-order chi connectivity index (χ1) is 37.1. The van der Waals surface area contributed by atoms with E-state index in [9.17, 15) is 5.26 Å². The third-order valence-electron chi connectivity index (χ3n) is 13.1. The first-order valence-electron chi connectivity index (χ1n) is 24.4. The number of aromatic nitrogens is 10. The van der Waals surface area contributed by atoms with Crippen LogP contribution < -0.4 is 4.57 Å². The summed E-state index contributed by atoms with van der Waals surface area (Å²) >= 11 is 0. The first-order valence-corrected chi connectivity index (χ1v) is 24.4. The molecule has 11 heteroatoms. The summed E-state index contributed by atoms with van der Waals surface area (Å²) in [6.07, 6.45) is 1.84. The minimum absolute atomic E-state index is 0.412. The molecule has 13 aromatic rings. The van der Waals surface area contributed by atoms with Crippen LogP contribution in [0.25, 0.3) is 124 Å². The molecule has 0 unspecified atom stereocenters. The highest BCUT2D eigenvalue weighted by Gasteiger charge is 2.25. The molecular weight excluding hydrogens is 923 g/mol. The normalized spacial score (nSPS) is 11.2. The van der Waals surface area contributed by atoms with Crippen LogP contribution in [-0.4, -0.2) is 44.4 Å². The molecule has 0 spiro atoms. The van der Waals surface area contributed by atoms with Crippen LogP contribution in [0.15, 0.2) is 243 Å². The molecule has 0 aliphatic rings. The van der Waals surface area contributed by atoms with Gasteiger partial charge in [-0.1, -0.05) is 168 Å². The maximum Gasteiger partial charge on any atom is 0.307 e. The van der Waals surface area contributed by atoms with E-state index in [1.165, 1.54) is 0 Å². The van der Waals surface area contributed by atoms with Crippen LogP contribution >= 0.6 is 0 Å². The molecule has 0 saturated carbocycles. The van der Waals surface area contributed by atoms with Gasteiger partial charge in [0, 0.05) is 50.2 Å². The van der Waals surface area contributed by atoms with E-state index in [4.69, 9.17) is 39.9 Å². The van der Waals surface area contributed by atoms with Gasteiger partial charge in [-0.2, -0.15) is 9.83 Å². The summed E-state index contributed by atoms with van der Waals surface area (Å²) in [5.41, 5.74) is 10.5. The third kappa shape index (κ3) is 8.50. The number of nitriles is 1. The van der Waals surface area contributed by atoms with Gasteiger partial charge in [-0.3, -0.25) is 0 Å². The molecule has 11 nitrogen and oxygen atoms in total. The molecular formula is C64H40N11+. The summed E-state index contributed by atoms with van der Waals surface area (Å²) in [6.45, 7) is 0. The maximum atomic E-state index is 10.5. The standard InChI is InChI=1S/C64H40N11/c65-40-42-31-35-55(53(37-42)63-71-60(46-25-13-4-14-26-46)68-61(72-63)47-27-15-5-16-28-47)75-54-36-32-49(62-69-58(44-21-9-2-10-22-44)67-59(70-62)45-23-11-3-12-24-45)38-52(54)51-34-33-50(39-56(51)75)74-41-66-57(43-19-7-1-8-20-43)73-64(74)48-29-17-6-18-30-48/h1-39,41H/q+1. The Labute approximate surface area is 431 Å². The Hall–Kier alpha value is -10.7. The molecule has 0 radical (unpaired) electrons. The molecule has 13 rings (SSSR count). The van der Waals surface area contributed by atoms with E-state index >= 15 is 0 Å². The van der Waals surface area contributed by atoms with Gasteiger partial charge < -0.3 is 4.57 Å². The van der Waals surface area contributed by atoms with Gasteiger partial charge in [0.05, 0.1) is 39.5 Å². The summed E-state index contributed by atoms with van der Waals surface area (Å²) in [5, 5.41) is 12.4. The Balaban J connectivity index is 1.07. The van der Waals surface area contributed by atoms with Crippen LogP contribution in [-0.2, 0) is 0 Å². The van der Waals surface area contributed by atoms with Crippen molar-refractivity contribution in [3.05, 3.63) is 248 Å². The Morgan fingerprint density at radius 3 is 1.29 bits per heavy atom. The number of nitrogens with zero attached hydrogens (tertiary/aromatic N) is 11. The van der Waals surface area contributed by atoms with E-state index < -0.39 is 0 Å². The molecule has 4 heterocycles. The monoisotopic (exact) mass is 962 g/mol. The number of rotatable bonds is 10. The van der Waals surface area contributed by atoms with Crippen molar-refractivity contribution in [3.63, 3.8) is 0 Å². The second kappa shape index (κ2) is 19.1. The van der Waals surface area contributed by atoms with Crippen LogP contribution in [0.2, 0.25) is 0 Å². The lowest BCUT2D eigenvalue weighted by Gasteiger charge is -2.15. The van der Waals surface area contributed by atoms with Crippen molar-refractivity contribution in [2.75, 3.05) is 0 Å². The Morgan fingerprint density at radius 1 is 0.347 bits per heavy atom. The lowest BCUT2D eigenvalue weighted by atomic mass is 10.1. The Kier molecular flexibility index (Phi) is 11.3. The predicted octanol–water partition coefficient (Wildman–Crippen LogP) is 13.4. The highest BCUT2D eigenvalue weighted by Crippen LogP contribution is 2.39. The lowest BCUT2D eigenvalue weighted by molar-refractivity contribution is -0.590. The van der Waals surface area contributed by atoms with Gasteiger partial charge in [-0.05, 0) is 72.8 Å². The zero-order valence-corrected chi connectivity index (χ0v) is 40.0. The van der Waals surface area contributed by atoms with Crippen LogP contribution in [0.4, 0.5) is 0 Å². The second-order valence-electron chi connectivity index (χ2n) is 17.8. The number of benzene rings is 9. The highest BCUT2D eigenvalue weighted by molar-refractivity contribution is 6.11. The molecule has 75 heavy (non-hydrogen) atoms. The zero-order chi connectivity index (χ0) is 50.1. The van der Waals surface area contributed by atoms with Gasteiger partial charge >= 0.3 is 5.82 Å². The maximum absolute atomic E-state index is 10.5. The molecule has 0 aliphatic carbocycles. The number of hydrogen-bond acceptors (Lipinski definition) is 9. The SMILES string of the molecule is N#Cc1ccc(-n2c3ccc(-c4nc(-c5ccccc5)nc(-c5ccccc5)n4)cc3c3ccc(-[n+]4cnc(-c5ccccc5)nc4-c4ccccc4)cc32)c(-c2nc(-c3ccccc3)nc(-c3ccccc3)n2)c1. The van der Waals surface area contributed by atoms with Crippen molar-refractivity contribution in [1.82, 2.24) is 44.4 Å². The first kappa shape index (κ1) is 44.3. The Bertz CT molecular complexity index is 4160. The minimum atomic E-state index is 0.412. The summed E-state index contributed by atoms with van der Waals surface area (Å²) in [4.78, 5) is 40.7. The number of hydrogen-bond donors (Lipinski definition) is 0. The van der Waals surface area contributed by atoms with Gasteiger partial charge in [-0.15, -0.1) is 0 Å². The summed E-state index contributed by atoms with van der Waals surface area (Å²) in [7, 11) is 0. The van der Waals surface area contributed by atoms with Crippen molar-refractivity contribution in [2.45, 2.75) is 0 Å². The van der Waals surface area contributed by atoms with E-state index in [-0.39, 0.29) is 0 Å². The fourth-order valence-electron chi connectivity index (χ4n) is 9.46. The van der Waals surface area contributed by atoms with Crippen molar-refractivity contribution in [2.24, 2.45) is 0 Å². The topological polar surface area (TPSA) is 136 Å². The lowest BCUT2D eigenvalue weighted by Crippen LogP contribution is -2.35. The number of fused-ring (bicyclic) bond motifs is 3. The van der Waals surface area contributed by atoms with E-state index in [0.717, 1.165) is 77.9 Å². The molecule has 0 saturated heterocycles. The molecule has 350 valence electrons. The van der Waals surface area contributed by atoms with E-state index in [1.807, 2.05) is 199 Å². The van der Waals surface area contributed by atoms with Crippen molar-refractivity contribution >= 4 is 21.8 Å². The molecule has 4 aromatic heterocycles. The second-order valence-corrected chi connectivity index (χ2v) is 17.8. The molecule has 0 atom stereocenters. The average molecular weight is 963 g/mol. The highest BCUT2D eigenvalue weighted by atomic mass is 15.1. The zero-order valence-electron chi connectivity index (χ0n) is 40.0. The predicted molar refractivity (Wildman–Crippen MR) is 293 cm³/mol. The third-order valence-corrected chi connectivity index (χ3v) is 13.1. The van der Waals surface area contributed by atoms with Crippen LogP contribution in [0.5, 0.6) is 0 Å². The van der Waals surface area contributed by atoms with E-state index in [2.05, 4.69) is 59.2 Å². The van der Waals surface area contributed by atoms with Gasteiger partial charge in [0.15, 0.2) is 34.9 Å². The minimum Gasteiger partial charge on any atom is -0.308 e. The molecule has 0 bridgehead atoms. The fraction of sp³-hybridized carbons (Fsp3) is 0. The molecule has 0 amide bonds. The van der Waals surface area contributed by atoms with Crippen LogP contribution in [0, 0.1) is 11.3 Å². The van der Waals surface area contributed by atoms with Crippen molar-refractivity contribution in [3.8, 4) is 109 Å². The largest absolute Gasteiger partial charge is 0.308 e. The fourth-order valence-corrected chi connectivity index (χ4v) is 9.46. The van der Waals surface area contributed by atoms with Gasteiger partial charge in [0.25, 0.3) is 5.82 Å². The molecule has 0 N–H and O–H groups in total. The quantitative estimate of drug-likeness (QED) is 0.123. The summed E-state index contributed by atoms with van der Waals surface area (Å²) in [5.74, 6) is 4.44. The summed E-state index contributed by atoms with van der Waals surface area (Å²) < 4.78 is 4.25. The van der Waals surface area contributed by atoms with Gasteiger partial charge in [0.1, 0.15) is 5.69 Å². The smallest absolute Gasteiger partial charge is 0.307 e. The van der Waals surface area contributed by atoms with E-state index in [1.54, 1.807) is 0 Å². The van der Waals surface area contributed by atoms with Crippen molar-refractivity contribution < 1.29 is 4.57 Å². The average Bonchev–Trinajstić information content (AvgIpc) is 3.87.